The van der Waals surface area contributed by atoms with Gasteiger partial charge in [0.05, 0.1) is 5.69 Å². The SMILES string of the molecule is Clc1nc2ccccn2c1CNC1CC1. The van der Waals surface area contributed by atoms with Gasteiger partial charge in [0.15, 0.2) is 5.15 Å². The summed E-state index contributed by atoms with van der Waals surface area (Å²) in [5, 5.41) is 4.05. The largest absolute Gasteiger partial charge is 0.308 e. The van der Waals surface area contributed by atoms with Crippen LogP contribution in [0.15, 0.2) is 24.4 Å². The van der Waals surface area contributed by atoms with E-state index >= 15 is 0 Å². The molecule has 1 N–H and O–H groups in total. The number of hydrogen-bond acceptors (Lipinski definition) is 2. The second-order valence-electron chi connectivity index (χ2n) is 3.93. The third-order valence-electron chi connectivity index (χ3n) is 2.72. The molecule has 1 aliphatic carbocycles. The molecule has 2 aromatic rings. The highest BCUT2D eigenvalue weighted by Crippen LogP contribution is 2.22. The first kappa shape index (κ1) is 9.19. The molecule has 0 aromatic carbocycles. The van der Waals surface area contributed by atoms with Gasteiger partial charge in [-0.1, -0.05) is 17.7 Å². The molecule has 0 spiro atoms. The predicted molar refractivity (Wildman–Crippen MR) is 60.1 cm³/mol. The van der Waals surface area contributed by atoms with Gasteiger partial charge >= 0.3 is 0 Å². The fraction of sp³-hybridized carbons (Fsp3) is 0.364. The maximum absolute atomic E-state index is 6.10. The first-order valence-corrected chi connectivity index (χ1v) is 5.57. The van der Waals surface area contributed by atoms with Crippen molar-refractivity contribution in [2.45, 2.75) is 25.4 Å². The topological polar surface area (TPSA) is 29.3 Å². The Labute approximate surface area is 93.1 Å². The Morgan fingerprint density at radius 1 is 1.47 bits per heavy atom. The quantitative estimate of drug-likeness (QED) is 0.862. The molecule has 0 atom stereocenters. The van der Waals surface area contributed by atoms with Crippen molar-refractivity contribution in [2.75, 3.05) is 0 Å². The maximum Gasteiger partial charge on any atom is 0.152 e. The minimum Gasteiger partial charge on any atom is -0.308 e. The lowest BCUT2D eigenvalue weighted by Crippen LogP contribution is -2.16. The second-order valence-corrected chi connectivity index (χ2v) is 4.29. The van der Waals surface area contributed by atoms with Crippen molar-refractivity contribution < 1.29 is 0 Å². The van der Waals surface area contributed by atoms with E-state index in [-0.39, 0.29) is 0 Å². The Bertz CT molecular complexity index is 488. The fourth-order valence-electron chi connectivity index (χ4n) is 1.70. The minimum absolute atomic E-state index is 0.606. The van der Waals surface area contributed by atoms with Gasteiger partial charge in [0, 0.05) is 18.8 Å². The first-order chi connectivity index (χ1) is 7.34. The molecule has 1 fully saturated rings. The second kappa shape index (κ2) is 3.51. The maximum atomic E-state index is 6.10. The molecular weight excluding hydrogens is 210 g/mol. The van der Waals surface area contributed by atoms with Crippen molar-refractivity contribution in [3.63, 3.8) is 0 Å². The molecule has 78 valence electrons. The lowest BCUT2D eigenvalue weighted by molar-refractivity contribution is 0.670. The molecule has 3 rings (SSSR count). The lowest BCUT2D eigenvalue weighted by atomic mass is 10.4. The van der Waals surface area contributed by atoms with Gasteiger partial charge in [-0.2, -0.15) is 0 Å². The summed E-state index contributed by atoms with van der Waals surface area (Å²) in [6.07, 6.45) is 4.57. The zero-order valence-electron chi connectivity index (χ0n) is 8.28. The van der Waals surface area contributed by atoms with Crippen molar-refractivity contribution >= 4 is 17.2 Å². The van der Waals surface area contributed by atoms with E-state index in [1.807, 2.05) is 28.8 Å². The Morgan fingerprint density at radius 2 is 2.33 bits per heavy atom. The van der Waals surface area contributed by atoms with Crippen LogP contribution in [0, 0.1) is 0 Å². The van der Waals surface area contributed by atoms with E-state index in [0.29, 0.717) is 11.2 Å². The summed E-state index contributed by atoms with van der Waals surface area (Å²) in [6.45, 7) is 0.800. The average Bonchev–Trinajstić information content (AvgIpc) is 3.00. The van der Waals surface area contributed by atoms with Crippen LogP contribution in [-0.4, -0.2) is 15.4 Å². The minimum atomic E-state index is 0.606. The lowest BCUT2D eigenvalue weighted by Gasteiger charge is -2.03. The summed E-state index contributed by atoms with van der Waals surface area (Å²) in [5.41, 5.74) is 1.97. The van der Waals surface area contributed by atoms with Crippen LogP contribution in [0.25, 0.3) is 5.65 Å². The summed E-state index contributed by atoms with van der Waals surface area (Å²) in [6, 6.07) is 6.62. The molecule has 0 saturated heterocycles. The molecule has 3 nitrogen and oxygen atoms in total. The highest BCUT2D eigenvalue weighted by molar-refractivity contribution is 6.30. The van der Waals surface area contributed by atoms with E-state index in [1.54, 1.807) is 0 Å². The summed E-state index contributed by atoms with van der Waals surface area (Å²) >= 11 is 6.10. The Hall–Kier alpha value is -1.06. The molecule has 1 saturated carbocycles. The van der Waals surface area contributed by atoms with Crippen molar-refractivity contribution in [3.8, 4) is 0 Å². The van der Waals surface area contributed by atoms with Crippen molar-refractivity contribution in [1.29, 1.82) is 0 Å². The van der Waals surface area contributed by atoms with Crippen LogP contribution in [0.1, 0.15) is 18.5 Å². The molecule has 1 aliphatic rings. The number of imidazole rings is 1. The van der Waals surface area contributed by atoms with Crippen molar-refractivity contribution in [3.05, 3.63) is 35.2 Å². The van der Waals surface area contributed by atoms with E-state index in [0.717, 1.165) is 17.9 Å². The molecule has 0 radical (unpaired) electrons. The molecule has 2 heterocycles. The highest BCUT2D eigenvalue weighted by atomic mass is 35.5. The third-order valence-corrected chi connectivity index (χ3v) is 3.02. The van der Waals surface area contributed by atoms with E-state index < -0.39 is 0 Å². The van der Waals surface area contributed by atoms with Gasteiger partial charge in [-0.15, -0.1) is 0 Å². The number of pyridine rings is 1. The predicted octanol–water partition coefficient (Wildman–Crippen LogP) is 2.24. The number of nitrogens with one attached hydrogen (secondary N) is 1. The number of fused-ring (bicyclic) bond motifs is 1. The first-order valence-electron chi connectivity index (χ1n) is 5.19. The van der Waals surface area contributed by atoms with Gasteiger partial charge < -0.3 is 9.72 Å². The number of rotatable bonds is 3. The zero-order valence-corrected chi connectivity index (χ0v) is 9.04. The Balaban J connectivity index is 1.95. The highest BCUT2D eigenvalue weighted by Gasteiger charge is 2.21. The third kappa shape index (κ3) is 1.73. The Kier molecular flexibility index (Phi) is 2.15. The van der Waals surface area contributed by atoms with E-state index in [9.17, 15) is 0 Å². The number of hydrogen-bond donors (Lipinski definition) is 1. The molecule has 15 heavy (non-hydrogen) atoms. The van der Waals surface area contributed by atoms with Crippen LogP contribution in [0.4, 0.5) is 0 Å². The van der Waals surface area contributed by atoms with Gasteiger partial charge in [0.25, 0.3) is 0 Å². The van der Waals surface area contributed by atoms with Crippen LogP contribution in [0.3, 0.4) is 0 Å². The van der Waals surface area contributed by atoms with Crippen molar-refractivity contribution in [2.24, 2.45) is 0 Å². The van der Waals surface area contributed by atoms with Crippen LogP contribution in [-0.2, 0) is 6.54 Å². The van der Waals surface area contributed by atoms with Crippen molar-refractivity contribution in [1.82, 2.24) is 14.7 Å². The number of halogens is 1. The van der Waals surface area contributed by atoms with Gasteiger partial charge in [-0.3, -0.25) is 0 Å². The van der Waals surface area contributed by atoms with E-state index in [4.69, 9.17) is 11.6 Å². The molecular formula is C11H12ClN3. The summed E-state index contributed by atoms with van der Waals surface area (Å²) in [5.74, 6) is 0. The van der Waals surface area contributed by atoms with Crippen LogP contribution in [0.2, 0.25) is 5.15 Å². The standard InChI is InChI=1S/C11H12ClN3/c12-11-9(7-13-8-4-5-8)15-6-2-1-3-10(15)14-11/h1-3,6,8,13H,4-5,7H2. The molecule has 4 heteroatoms. The van der Waals surface area contributed by atoms with Gasteiger partial charge in [-0.05, 0) is 25.0 Å². The van der Waals surface area contributed by atoms with Gasteiger partial charge in [0.1, 0.15) is 5.65 Å². The summed E-state index contributed by atoms with van der Waals surface area (Å²) < 4.78 is 2.04. The number of aromatic nitrogens is 2. The monoisotopic (exact) mass is 221 g/mol. The van der Waals surface area contributed by atoms with Gasteiger partial charge in [0.2, 0.25) is 0 Å². The van der Waals surface area contributed by atoms with Crippen LogP contribution in [0.5, 0.6) is 0 Å². The fourth-order valence-corrected chi connectivity index (χ4v) is 1.95. The molecule has 0 amide bonds. The van der Waals surface area contributed by atoms with E-state index in [1.165, 1.54) is 12.8 Å². The summed E-state index contributed by atoms with van der Waals surface area (Å²) in [4.78, 5) is 4.30. The molecule has 0 unspecified atom stereocenters. The average molecular weight is 222 g/mol. The molecule has 2 aromatic heterocycles. The smallest absolute Gasteiger partial charge is 0.152 e. The summed E-state index contributed by atoms with van der Waals surface area (Å²) in [7, 11) is 0. The van der Waals surface area contributed by atoms with Crippen LogP contribution >= 0.6 is 11.6 Å². The molecule has 0 bridgehead atoms. The number of nitrogens with zero attached hydrogens (tertiary/aromatic N) is 2. The van der Waals surface area contributed by atoms with Crippen LogP contribution < -0.4 is 5.32 Å². The van der Waals surface area contributed by atoms with Gasteiger partial charge in [-0.25, -0.2) is 4.98 Å². The Morgan fingerprint density at radius 3 is 3.13 bits per heavy atom. The molecule has 0 aliphatic heterocycles. The normalized spacial score (nSPS) is 16.1. The van der Waals surface area contributed by atoms with E-state index in [2.05, 4.69) is 10.3 Å². The zero-order chi connectivity index (χ0) is 10.3.